The van der Waals surface area contributed by atoms with Crippen LogP contribution in [0.5, 0.6) is 0 Å². The Labute approximate surface area is 384 Å². The minimum absolute atomic E-state index is 0.00994. The van der Waals surface area contributed by atoms with Crippen molar-refractivity contribution >= 4 is 17.8 Å². The SMILES string of the molecule is CCCCCCC/C=C\C/C=C\C/C=C\CCCCCCCCCCC(=O)OC(CCCCCCCCCCCCCCC)CCCCCCCC(=O)NC(CCCN)C(=O)O. The zero-order chi connectivity index (χ0) is 45.2. The molecule has 0 radical (unpaired) electrons. The Morgan fingerprint density at radius 2 is 0.839 bits per heavy atom. The molecule has 0 aromatic rings. The van der Waals surface area contributed by atoms with Crippen LogP contribution in [0.15, 0.2) is 36.5 Å². The minimum Gasteiger partial charge on any atom is -0.480 e. The Morgan fingerprint density at radius 3 is 1.26 bits per heavy atom. The summed E-state index contributed by atoms with van der Waals surface area (Å²) >= 11 is 0. The van der Waals surface area contributed by atoms with E-state index in [0.717, 1.165) is 77.0 Å². The Hall–Kier alpha value is -2.41. The molecule has 0 spiro atoms. The standard InChI is InChI=1S/C55H102N2O5/c1-3-5-7-9-11-13-15-17-18-19-20-21-22-23-24-25-26-28-30-32-34-39-43-49-54(59)62-51(45-40-36-33-31-29-27-16-14-12-10-8-6-4-2)46-41-37-35-38-42-48-53(58)57-52(55(60)61)47-44-50-56/h15,17,19-20,22-23,51-52H,3-14,16,18,21,24-50,56H2,1-2H3,(H,57,58)(H,60,61)/b17-15-,20-19-,23-22-. The van der Waals surface area contributed by atoms with E-state index in [1.807, 2.05) is 0 Å². The Balaban J connectivity index is 4.22. The van der Waals surface area contributed by atoms with E-state index in [4.69, 9.17) is 10.5 Å². The number of nitrogens with two attached hydrogens (primary N) is 1. The third-order valence-corrected chi connectivity index (χ3v) is 12.2. The lowest BCUT2D eigenvalue weighted by Gasteiger charge is -2.18. The van der Waals surface area contributed by atoms with Gasteiger partial charge < -0.3 is 20.9 Å². The maximum Gasteiger partial charge on any atom is 0.326 e. The number of hydrogen-bond acceptors (Lipinski definition) is 5. The van der Waals surface area contributed by atoms with E-state index in [-0.39, 0.29) is 18.0 Å². The van der Waals surface area contributed by atoms with Gasteiger partial charge in [-0.3, -0.25) is 9.59 Å². The fourth-order valence-electron chi connectivity index (χ4n) is 8.17. The summed E-state index contributed by atoms with van der Waals surface area (Å²) in [5, 5.41) is 12.0. The molecular weight excluding hydrogens is 769 g/mol. The molecule has 62 heavy (non-hydrogen) atoms. The molecule has 362 valence electrons. The van der Waals surface area contributed by atoms with Crippen molar-refractivity contribution in [3.63, 3.8) is 0 Å². The van der Waals surface area contributed by atoms with E-state index in [0.29, 0.717) is 32.2 Å². The second-order valence-corrected chi connectivity index (χ2v) is 18.3. The van der Waals surface area contributed by atoms with Crippen LogP contribution >= 0.6 is 0 Å². The zero-order valence-electron chi connectivity index (χ0n) is 41.0. The molecule has 7 nitrogen and oxygen atoms in total. The van der Waals surface area contributed by atoms with Gasteiger partial charge in [0.1, 0.15) is 12.1 Å². The molecule has 0 saturated carbocycles. The van der Waals surface area contributed by atoms with E-state index in [1.54, 1.807) is 0 Å². The van der Waals surface area contributed by atoms with Crippen molar-refractivity contribution in [1.29, 1.82) is 0 Å². The summed E-state index contributed by atoms with van der Waals surface area (Å²) in [5.41, 5.74) is 5.50. The van der Waals surface area contributed by atoms with E-state index >= 15 is 0 Å². The second-order valence-electron chi connectivity index (χ2n) is 18.3. The van der Waals surface area contributed by atoms with Gasteiger partial charge in [0.25, 0.3) is 0 Å². The normalized spacial score (nSPS) is 12.8. The van der Waals surface area contributed by atoms with Gasteiger partial charge in [-0.15, -0.1) is 0 Å². The molecule has 7 heteroatoms. The molecule has 0 aliphatic rings. The maximum absolute atomic E-state index is 12.9. The molecule has 2 unspecified atom stereocenters. The van der Waals surface area contributed by atoms with Gasteiger partial charge in [-0.2, -0.15) is 0 Å². The first kappa shape index (κ1) is 59.6. The van der Waals surface area contributed by atoms with Crippen molar-refractivity contribution in [2.24, 2.45) is 5.73 Å². The van der Waals surface area contributed by atoms with Crippen molar-refractivity contribution in [1.82, 2.24) is 5.32 Å². The van der Waals surface area contributed by atoms with Crippen molar-refractivity contribution in [2.75, 3.05) is 6.54 Å². The van der Waals surface area contributed by atoms with Crippen LogP contribution in [0, 0.1) is 0 Å². The number of carbonyl (C=O) groups is 3. The molecule has 0 aromatic heterocycles. The molecule has 0 aromatic carbocycles. The smallest absolute Gasteiger partial charge is 0.326 e. The highest BCUT2D eigenvalue weighted by molar-refractivity contribution is 5.83. The lowest BCUT2D eigenvalue weighted by molar-refractivity contribution is -0.150. The molecule has 0 bridgehead atoms. The van der Waals surface area contributed by atoms with Crippen molar-refractivity contribution in [3.05, 3.63) is 36.5 Å². The van der Waals surface area contributed by atoms with Gasteiger partial charge in [-0.25, -0.2) is 4.79 Å². The Kier molecular flexibility index (Phi) is 47.7. The summed E-state index contributed by atoms with van der Waals surface area (Å²) in [6.07, 6.45) is 60.6. The van der Waals surface area contributed by atoms with Gasteiger partial charge in [0.15, 0.2) is 0 Å². The van der Waals surface area contributed by atoms with Gasteiger partial charge in [-0.1, -0.05) is 211 Å². The van der Waals surface area contributed by atoms with Crippen LogP contribution in [0.25, 0.3) is 0 Å². The van der Waals surface area contributed by atoms with Crippen LogP contribution in [-0.4, -0.2) is 41.6 Å². The molecule has 0 aliphatic carbocycles. The van der Waals surface area contributed by atoms with E-state index in [9.17, 15) is 19.5 Å². The minimum atomic E-state index is -1.00. The number of unbranched alkanes of at least 4 members (excludes halogenated alkanes) is 29. The van der Waals surface area contributed by atoms with E-state index in [1.165, 1.54) is 161 Å². The number of carbonyl (C=O) groups excluding carboxylic acids is 2. The molecule has 2 atom stereocenters. The number of aliphatic carboxylic acids is 1. The van der Waals surface area contributed by atoms with Crippen molar-refractivity contribution < 1.29 is 24.2 Å². The van der Waals surface area contributed by atoms with Crippen LogP contribution in [-0.2, 0) is 19.1 Å². The number of rotatable bonds is 49. The van der Waals surface area contributed by atoms with Gasteiger partial charge in [-0.05, 0) is 96.4 Å². The average Bonchev–Trinajstić information content (AvgIpc) is 3.26. The van der Waals surface area contributed by atoms with Gasteiger partial charge in [0.05, 0.1) is 0 Å². The third-order valence-electron chi connectivity index (χ3n) is 12.2. The lowest BCUT2D eigenvalue weighted by atomic mass is 10.0. The maximum atomic E-state index is 12.9. The number of nitrogens with one attached hydrogen (secondary N) is 1. The van der Waals surface area contributed by atoms with Crippen LogP contribution in [0.4, 0.5) is 0 Å². The lowest BCUT2D eigenvalue weighted by Crippen LogP contribution is -2.40. The molecule has 0 saturated heterocycles. The number of carboxylic acids is 1. The molecule has 0 fully saturated rings. The molecule has 0 rings (SSSR count). The molecule has 1 amide bonds. The van der Waals surface area contributed by atoms with E-state index < -0.39 is 12.0 Å². The molecule has 0 heterocycles. The molecule has 0 aliphatic heterocycles. The number of esters is 1. The highest BCUT2D eigenvalue weighted by Crippen LogP contribution is 2.19. The highest BCUT2D eigenvalue weighted by atomic mass is 16.5. The van der Waals surface area contributed by atoms with Crippen LogP contribution < -0.4 is 11.1 Å². The number of ether oxygens (including phenoxy) is 1. The van der Waals surface area contributed by atoms with Gasteiger partial charge in [0.2, 0.25) is 5.91 Å². The quantitative estimate of drug-likeness (QED) is 0.0318. The second kappa shape index (κ2) is 49.6. The zero-order valence-corrected chi connectivity index (χ0v) is 41.0. The summed E-state index contributed by atoms with van der Waals surface area (Å²) in [7, 11) is 0. The highest BCUT2D eigenvalue weighted by Gasteiger charge is 2.19. The number of hydrogen-bond donors (Lipinski definition) is 3. The average molecular weight is 871 g/mol. The van der Waals surface area contributed by atoms with Crippen LogP contribution in [0.2, 0.25) is 0 Å². The monoisotopic (exact) mass is 871 g/mol. The summed E-state index contributed by atoms with van der Waals surface area (Å²) < 4.78 is 6.09. The predicted octanol–water partition coefficient (Wildman–Crippen LogP) is 16.1. The van der Waals surface area contributed by atoms with Crippen LogP contribution in [0.3, 0.4) is 0 Å². The number of amides is 1. The first-order chi connectivity index (χ1) is 30.4. The molecular formula is C55H102N2O5. The van der Waals surface area contributed by atoms with Crippen molar-refractivity contribution in [3.8, 4) is 0 Å². The van der Waals surface area contributed by atoms with Crippen LogP contribution in [0.1, 0.15) is 277 Å². The van der Waals surface area contributed by atoms with Crippen molar-refractivity contribution in [2.45, 2.75) is 289 Å². The fourth-order valence-corrected chi connectivity index (χ4v) is 8.17. The third kappa shape index (κ3) is 45.6. The number of allylic oxidation sites excluding steroid dienone is 6. The summed E-state index contributed by atoms with van der Waals surface area (Å²) in [6.45, 7) is 4.96. The Bertz CT molecular complexity index is 1070. The number of carboxylic acid groups (broad SMARTS) is 1. The first-order valence-corrected chi connectivity index (χ1v) is 26.8. The fraction of sp³-hybridized carbons (Fsp3) is 0.836. The van der Waals surface area contributed by atoms with Gasteiger partial charge >= 0.3 is 11.9 Å². The molecule has 4 N–H and O–H groups in total. The topological polar surface area (TPSA) is 119 Å². The largest absolute Gasteiger partial charge is 0.480 e. The van der Waals surface area contributed by atoms with Gasteiger partial charge in [0, 0.05) is 12.8 Å². The predicted molar refractivity (Wildman–Crippen MR) is 267 cm³/mol. The summed E-state index contributed by atoms with van der Waals surface area (Å²) in [6, 6.07) is -0.857. The summed E-state index contributed by atoms with van der Waals surface area (Å²) in [4.78, 5) is 36.6. The summed E-state index contributed by atoms with van der Waals surface area (Å²) in [5.74, 6) is -1.22. The Morgan fingerprint density at radius 1 is 0.468 bits per heavy atom. The van der Waals surface area contributed by atoms with E-state index in [2.05, 4.69) is 55.6 Å². The first-order valence-electron chi connectivity index (χ1n) is 26.8.